The quantitative estimate of drug-likeness (QED) is 0.0276. The molecule has 9 nitrogen and oxygen atoms in total. The van der Waals surface area contributed by atoms with E-state index in [9.17, 15) is 19.0 Å². The number of phosphoric acid groups is 1. The molecule has 0 heterocycles. The Labute approximate surface area is 375 Å². The first kappa shape index (κ1) is 59.0. The van der Waals surface area contributed by atoms with Crippen molar-refractivity contribution in [3.8, 4) is 0 Å². The van der Waals surface area contributed by atoms with Crippen LogP contribution in [-0.2, 0) is 32.7 Å². The molecule has 0 spiro atoms. The number of phosphoric ester groups is 1. The maximum absolute atomic E-state index is 12.7. The minimum atomic E-state index is -4.37. The van der Waals surface area contributed by atoms with Crippen LogP contribution in [0, 0.1) is 0 Å². The minimum absolute atomic E-state index is 0.00185. The van der Waals surface area contributed by atoms with Gasteiger partial charge in [0.15, 0.2) is 6.10 Å². The summed E-state index contributed by atoms with van der Waals surface area (Å²) in [6.07, 6.45) is 53.0. The Hall–Kier alpha value is -2.03. The van der Waals surface area contributed by atoms with Gasteiger partial charge in [0.1, 0.15) is 6.61 Å². The third kappa shape index (κ3) is 47.3. The Morgan fingerprint density at radius 2 is 0.885 bits per heavy atom. The predicted octanol–water partition coefficient (Wildman–Crippen LogP) is 14.9. The van der Waals surface area contributed by atoms with Gasteiger partial charge in [0.05, 0.1) is 13.2 Å². The van der Waals surface area contributed by atoms with Gasteiger partial charge in [-0.3, -0.25) is 18.6 Å². The Balaban J connectivity index is 4.22. The Bertz CT molecular complexity index is 1150. The highest BCUT2D eigenvalue weighted by Gasteiger charge is 2.26. The van der Waals surface area contributed by atoms with Crippen molar-refractivity contribution < 1.29 is 37.6 Å². The van der Waals surface area contributed by atoms with E-state index in [0.717, 1.165) is 57.8 Å². The molecule has 0 radical (unpaired) electrons. The molecule has 0 aromatic heterocycles. The average Bonchev–Trinajstić information content (AvgIpc) is 3.23. The Morgan fingerprint density at radius 1 is 0.508 bits per heavy atom. The number of allylic oxidation sites excluding steroid dienone is 8. The second kappa shape index (κ2) is 46.0. The highest BCUT2D eigenvalue weighted by molar-refractivity contribution is 7.47. The number of esters is 2. The maximum atomic E-state index is 12.7. The van der Waals surface area contributed by atoms with Crippen LogP contribution in [0.4, 0.5) is 0 Å². The lowest BCUT2D eigenvalue weighted by molar-refractivity contribution is -0.161. The van der Waals surface area contributed by atoms with Gasteiger partial charge in [-0.2, -0.15) is 0 Å². The van der Waals surface area contributed by atoms with Crippen molar-refractivity contribution in [2.24, 2.45) is 0 Å². The first-order valence-corrected chi connectivity index (χ1v) is 26.4. The third-order valence-electron chi connectivity index (χ3n) is 10.6. The zero-order valence-electron chi connectivity index (χ0n) is 39.9. The molecule has 61 heavy (non-hydrogen) atoms. The smallest absolute Gasteiger partial charge is 0.462 e. The number of unbranched alkanes of at least 4 members (excludes halogenated alkanes) is 24. The number of carbonyl (C=O) groups excluding carboxylic acids is 2. The highest BCUT2D eigenvalue weighted by atomic mass is 31.2. The van der Waals surface area contributed by atoms with Crippen molar-refractivity contribution in [2.45, 2.75) is 225 Å². The fraction of sp³-hybridized carbons (Fsp3) is 0.804. The van der Waals surface area contributed by atoms with Gasteiger partial charge in [0.2, 0.25) is 0 Å². The van der Waals surface area contributed by atoms with Crippen LogP contribution in [0.25, 0.3) is 0 Å². The van der Waals surface area contributed by atoms with Crippen LogP contribution < -0.4 is 0 Å². The molecule has 0 fully saturated rings. The summed E-state index contributed by atoms with van der Waals surface area (Å²) in [6, 6.07) is 0. The molecular formula is C51H94NO8P. The SMILES string of the molecule is CCCCC/C=C\C/C=C\C/C=C\CCCCCCC(=O)OC(COC(=O)CCCCCCCCCCCCC/C=C\CCCCCCCC)COP(=O)(O)OCCN(C)C. The van der Waals surface area contributed by atoms with E-state index in [0.29, 0.717) is 13.0 Å². The lowest BCUT2D eigenvalue weighted by atomic mass is 10.0. The lowest BCUT2D eigenvalue weighted by Gasteiger charge is -2.20. The van der Waals surface area contributed by atoms with Gasteiger partial charge in [-0.15, -0.1) is 0 Å². The topological polar surface area (TPSA) is 112 Å². The normalized spacial score (nSPS) is 13.7. The van der Waals surface area contributed by atoms with Crippen molar-refractivity contribution in [3.63, 3.8) is 0 Å². The van der Waals surface area contributed by atoms with Gasteiger partial charge in [0, 0.05) is 19.4 Å². The zero-order valence-corrected chi connectivity index (χ0v) is 40.7. The second-order valence-corrected chi connectivity index (χ2v) is 18.4. The van der Waals surface area contributed by atoms with E-state index in [4.69, 9.17) is 18.5 Å². The van der Waals surface area contributed by atoms with E-state index >= 15 is 0 Å². The van der Waals surface area contributed by atoms with Gasteiger partial charge in [0.25, 0.3) is 0 Å². The fourth-order valence-corrected chi connectivity index (χ4v) is 7.49. The molecule has 0 aliphatic heterocycles. The van der Waals surface area contributed by atoms with E-state index in [-0.39, 0.29) is 32.0 Å². The lowest BCUT2D eigenvalue weighted by Crippen LogP contribution is -2.29. The predicted molar refractivity (Wildman–Crippen MR) is 257 cm³/mol. The summed E-state index contributed by atoms with van der Waals surface area (Å²) < 4.78 is 33.6. The van der Waals surface area contributed by atoms with Gasteiger partial charge < -0.3 is 19.3 Å². The number of carbonyl (C=O) groups is 2. The first-order valence-electron chi connectivity index (χ1n) is 24.9. The molecule has 0 rings (SSSR count). The van der Waals surface area contributed by atoms with Crippen LogP contribution in [0.5, 0.6) is 0 Å². The molecule has 0 aromatic carbocycles. The van der Waals surface area contributed by atoms with E-state index in [1.54, 1.807) is 0 Å². The molecule has 2 unspecified atom stereocenters. The number of nitrogens with zero attached hydrogens (tertiary/aromatic N) is 1. The third-order valence-corrected chi connectivity index (χ3v) is 11.6. The van der Waals surface area contributed by atoms with Crippen molar-refractivity contribution >= 4 is 19.8 Å². The first-order chi connectivity index (χ1) is 29.7. The monoisotopic (exact) mass is 880 g/mol. The van der Waals surface area contributed by atoms with Crippen LogP contribution in [0.2, 0.25) is 0 Å². The van der Waals surface area contributed by atoms with Crippen LogP contribution >= 0.6 is 7.82 Å². The maximum Gasteiger partial charge on any atom is 0.472 e. The molecule has 0 aliphatic carbocycles. The second-order valence-electron chi connectivity index (χ2n) is 17.0. The van der Waals surface area contributed by atoms with Gasteiger partial charge in [-0.1, -0.05) is 178 Å². The number of likely N-dealkylation sites (N-methyl/N-ethyl adjacent to an activating group) is 1. The molecule has 1 N–H and O–H groups in total. The van der Waals surface area contributed by atoms with Crippen LogP contribution in [0.3, 0.4) is 0 Å². The van der Waals surface area contributed by atoms with Crippen LogP contribution in [0.1, 0.15) is 219 Å². The summed E-state index contributed by atoms with van der Waals surface area (Å²) in [4.78, 5) is 37.2. The van der Waals surface area contributed by atoms with Crippen molar-refractivity contribution in [3.05, 3.63) is 48.6 Å². The summed E-state index contributed by atoms with van der Waals surface area (Å²) in [6.45, 7) is 4.28. The van der Waals surface area contributed by atoms with Crippen molar-refractivity contribution in [2.75, 3.05) is 40.5 Å². The average molecular weight is 880 g/mol. The summed E-state index contributed by atoms with van der Waals surface area (Å²) in [7, 11) is -0.725. The molecule has 0 bridgehead atoms. The number of hydrogen-bond donors (Lipinski definition) is 1. The molecule has 0 saturated heterocycles. The molecule has 356 valence electrons. The van der Waals surface area contributed by atoms with Crippen LogP contribution in [-0.4, -0.2) is 68.3 Å². The molecule has 0 amide bonds. The van der Waals surface area contributed by atoms with Gasteiger partial charge >= 0.3 is 19.8 Å². The van der Waals surface area contributed by atoms with E-state index in [2.05, 4.69) is 62.5 Å². The molecule has 0 aromatic rings. The van der Waals surface area contributed by atoms with E-state index in [1.807, 2.05) is 19.0 Å². The largest absolute Gasteiger partial charge is 0.472 e. The minimum Gasteiger partial charge on any atom is -0.462 e. The molecule has 0 saturated carbocycles. The molecular weight excluding hydrogens is 786 g/mol. The Morgan fingerprint density at radius 3 is 1.36 bits per heavy atom. The standard InChI is InChI=1S/C51H94NO8P/c1-5-7-9-11-13-15-17-19-21-23-24-25-26-28-29-31-33-35-37-39-41-43-50(53)57-47-49(48-59-61(55,56)58-46-45-52(3)4)60-51(54)44-42-40-38-36-34-32-30-27-22-20-18-16-14-12-10-8-6-2/h14,16,19-22,30,32,49H,5-13,15,17-18,23-29,31,33-48H2,1-4H3,(H,55,56)/b16-14-,21-19-,22-20-,32-30-. The van der Waals surface area contributed by atoms with Crippen molar-refractivity contribution in [1.82, 2.24) is 4.90 Å². The molecule has 0 aliphatic rings. The number of ether oxygens (including phenoxy) is 2. The fourth-order valence-electron chi connectivity index (χ4n) is 6.75. The van der Waals surface area contributed by atoms with Gasteiger partial charge in [-0.25, -0.2) is 4.57 Å². The summed E-state index contributed by atoms with van der Waals surface area (Å²) in [5.41, 5.74) is 0. The summed E-state index contributed by atoms with van der Waals surface area (Å²) in [5, 5.41) is 0. The molecule has 10 heteroatoms. The number of rotatable bonds is 46. The van der Waals surface area contributed by atoms with Gasteiger partial charge in [-0.05, 0) is 91.1 Å². The van der Waals surface area contributed by atoms with Crippen LogP contribution in [0.15, 0.2) is 48.6 Å². The van der Waals surface area contributed by atoms with Crippen molar-refractivity contribution in [1.29, 1.82) is 0 Å². The molecule has 2 atom stereocenters. The Kier molecular flexibility index (Phi) is 44.4. The zero-order chi connectivity index (χ0) is 44.8. The summed E-state index contributed by atoms with van der Waals surface area (Å²) >= 11 is 0. The van der Waals surface area contributed by atoms with E-state index < -0.39 is 26.5 Å². The summed E-state index contributed by atoms with van der Waals surface area (Å²) in [5.74, 6) is -0.825. The van der Waals surface area contributed by atoms with E-state index in [1.165, 1.54) is 128 Å². The number of hydrogen-bond acceptors (Lipinski definition) is 8. The highest BCUT2D eigenvalue weighted by Crippen LogP contribution is 2.43.